The van der Waals surface area contributed by atoms with E-state index in [1.807, 2.05) is 17.8 Å². The molecule has 0 radical (unpaired) electrons. The van der Waals surface area contributed by atoms with Crippen molar-refractivity contribution in [2.75, 3.05) is 31.1 Å². The maximum Gasteiger partial charge on any atom is 0.243 e. The molecule has 1 aromatic carbocycles. The molecule has 8 nitrogen and oxygen atoms in total. The number of nitrogens with one attached hydrogen (secondary N) is 1. The number of halogens is 1. The molecule has 0 aliphatic carbocycles. The third-order valence-corrected chi connectivity index (χ3v) is 7.10. The van der Waals surface area contributed by atoms with Gasteiger partial charge >= 0.3 is 0 Å². The van der Waals surface area contributed by atoms with Crippen molar-refractivity contribution in [1.82, 2.24) is 19.2 Å². The Balaban J connectivity index is 0.00000225. The van der Waals surface area contributed by atoms with Gasteiger partial charge in [0.25, 0.3) is 0 Å². The van der Waals surface area contributed by atoms with E-state index in [-0.39, 0.29) is 29.3 Å². The van der Waals surface area contributed by atoms with Gasteiger partial charge in [-0.1, -0.05) is 0 Å². The smallest absolute Gasteiger partial charge is 0.243 e. The highest BCUT2D eigenvalue weighted by atomic mass is 35.5. The van der Waals surface area contributed by atoms with Gasteiger partial charge in [-0.15, -0.1) is 12.4 Å². The molecule has 0 spiro atoms. The highest BCUT2D eigenvalue weighted by Crippen LogP contribution is 2.29. The highest BCUT2D eigenvalue weighted by molar-refractivity contribution is 7.89. The SMILES string of the molecule is Cl.Cn1ccnc1C1CNCCN1S(=O)(=O)c1ccc(N2CCCC2=O)cc1. The van der Waals surface area contributed by atoms with E-state index in [0.717, 1.165) is 12.1 Å². The molecule has 1 aromatic heterocycles. The molecular weight excluding hydrogens is 402 g/mol. The molecule has 2 fully saturated rings. The number of carbonyl (C=O) groups is 1. The van der Waals surface area contributed by atoms with E-state index in [4.69, 9.17) is 0 Å². The minimum Gasteiger partial charge on any atom is -0.337 e. The maximum atomic E-state index is 13.3. The zero-order chi connectivity index (χ0) is 19.0. The van der Waals surface area contributed by atoms with Gasteiger partial charge in [0.15, 0.2) is 0 Å². The summed E-state index contributed by atoms with van der Waals surface area (Å²) in [6, 6.07) is 6.26. The van der Waals surface area contributed by atoms with Crippen LogP contribution in [0.25, 0.3) is 0 Å². The number of hydrogen-bond acceptors (Lipinski definition) is 5. The van der Waals surface area contributed by atoms with Crippen LogP contribution in [0.2, 0.25) is 0 Å². The van der Waals surface area contributed by atoms with E-state index < -0.39 is 10.0 Å². The molecule has 0 bridgehead atoms. The monoisotopic (exact) mass is 425 g/mol. The lowest BCUT2D eigenvalue weighted by atomic mass is 10.2. The van der Waals surface area contributed by atoms with Gasteiger partial charge in [0.2, 0.25) is 15.9 Å². The van der Waals surface area contributed by atoms with Crippen molar-refractivity contribution in [3.63, 3.8) is 0 Å². The van der Waals surface area contributed by atoms with Gasteiger partial charge in [0, 0.05) is 57.7 Å². The van der Waals surface area contributed by atoms with Crippen molar-refractivity contribution in [1.29, 1.82) is 0 Å². The lowest BCUT2D eigenvalue weighted by Crippen LogP contribution is -2.49. The Labute approximate surface area is 171 Å². The lowest BCUT2D eigenvalue weighted by Gasteiger charge is -2.34. The van der Waals surface area contributed by atoms with Crippen LogP contribution in [0.3, 0.4) is 0 Å². The van der Waals surface area contributed by atoms with Gasteiger partial charge in [-0.05, 0) is 30.7 Å². The Kier molecular flexibility index (Phi) is 6.09. The summed E-state index contributed by atoms with van der Waals surface area (Å²) in [6.07, 6.45) is 4.88. The van der Waals surface area contributed by atoms with Crippen LogP contribution in [0.5, 0.6) is 0 Å². The van der Waals surface area contributed by atoms with E-state index in [0.29, 0.717) is 38.4 Å². The van der Waals surface area contributed by atoms with E-state index in [1.165, 1.54) is 4.31 Å². The molecule has 28 heavy (non-hydrogen) atoms. The summed E-state index contributed by atoms with van der Waals surface area (Å²) in [5, 5.41) is 3.25. The Morgan fingerprint density at radius 2 is 1.93 bits per heavy atom. The largest absolute Gasteiger partial charge is 0.337 e. The maximum absolute atomic E-state index is 13.3. The number of hydrogen-bond donors (Lipinski definition) is 1. The first-order valence-corrected chi connectivity index (χ1v) is 10.5. The number of aryl methyl sites for hydroxylation is 1. The third kappa shape index (κ3) is 3.67. The minimum absolute atomic E-state index is 0. The number of imidazole rings is 1. The molecule has 1 atom stereocenters. The summed E-state index contributed by atoms with van der Waals surface area (Å²) in [7, 11) is -1.81. The molecule has 1 N–H and O–H groups in total. The molecule has 1 amide bonds. The summed E-state index contributed by atoms with van der Waals surface area (Å²) >= 11 is 0. The molecule has 10 heteroatoms. The van der Waals surface area contributed by atoms with Gasteiger partial charge in [-0.3, -0.25) is 4.79 Å². The predicted octanol–water partition coefficient (Wildman–Crippen LogP) is 1.30. The van der Waals surface area contributed by atoms with Crippen molar-refractivity contribution >= 4 is 34.0 Å². The predicted molar refractivity (Wildman–Crippen MR) is 108 cm³/mol. The summed E-state index contributed by atoms with van der Waals surface area (Å²) in [5.41, 5.74) is 0.748. The first-order chi connectivity index (χ1) is 13.0. The fourth-order valence-corrected chi connectivity index (χ4v) is 5.33. The highest BCUT2D eigenvalue weighted by Gasteiger charge is 2.36. The molecule has 2 saturated heterocycles. The molecule has 152 valence electrons. The summed E-state index contributed by atoms with van der Waals surface area (Å²) in [4.78, 5) is 18.2. The summed E-state index contributed by atoms with van der Waals surface area (Å²) in [5.74, 6) is 0.799. The van der Waals surface area contributed by atoms with Crippen LogP contribution < -0.4 is 10.2 Å². The van der Waals surface area contributed by atoms with E-state index in [1.54, 1.807) is 35.4 Å². The molecular formula is C18H24ClN5O3S. The first-order valence-electron chi connectivity index (χ1n) is 9.09. The molecule has 4 rings (SSSR count). The molecule has 2 aliphatic heterocycles. The topological polar surface area (TPSA) is 87.5 Å². The van der Waals surface area contributed by atoms with Crippen LogP contribution in [-0.2, 0) is 21.9 Å². The van der Waals surface area contributed by atoms with Crippen LogP contribution in [0.15, 0.2) is 41.6 Å². The number of nitrogens with zero attached hydrogens (tertiary/aromatic N) is 4. The molecule has 2 aliphatic rings. The van der Waals surface area contributed by atoms with Crippen LogP contribution in [0.1, 0.15) is 24.7 Å². The van der Waals surface area contributed by atoms with Crippen LogP contribution in [0, 0.1) is 0 Å². The average molecular weight is 426 g/mol. The lowest BCUT2D eigenvalue weighted by molar-refractivity contribution is -0.117. The molecule has 3 heterocycles. The number of piperazine rings is 1. The van der Waals surface area contributed by atoms with Gasteiger partial charge in [-0.2, -0.15) is 4.31 Å². The Morgan fingerprint density at radius 3 is 2.54 bits per heavy atom. The van der Waals surface area contributed by atoms with Gasteiger partial charge in [0.05, 0.1) is 10.9 Å². The normalized spacial score (nSPS) is 21.0. The van der Waals surface area contributed by atoms with Crippen molar-refractivity contribution in [2.45, 2.75) is 23.8 Å². The second kappa shape index (κ2) is 8.20. The van der Waals surface area contributed by atoms with Crippen LogP contribution in [0.4, 0.5) is 5.69 Å². The number of benzene rings is 1. The average Bonchev–Trinajstić information content (AvgIpc) is 3.30. The zero-order valence-corrected chi connectivity index (χ0v) is 17.2. The number of anilines is 1. The second-order valence-electron chi connectivity index (χ2n) is 6.87. The number of amides is 1. The third-order valence-electron chi connectivity index (χ3n) is 5.18. The molecule has 2 aromatic rings. The Morgan fingerprint density at radius 1 is 1.18 bits per heavy atom. The Bertz CT molecular complexity index is 944. The standard InChI is InChI=1S/C18H23N5O3S.ClH/c1-21-11-9-20-18(21)16-13-19-8-12-23(16)27(25,26)15-6-4-14(5-7-15)22-10-2-3-17(22)24;/h4-7,9,11,16,19H,2-3,8,10,12-13H2,1H3;1H. The number of carbonyl (C=O) groups excluding carboxylic acids is 1. The van der Waals surface area contributed by atoms with Gasteiger partial charge in [-0.25, -0.2) is 13.4 Å². The summed E-state index contributed by atoms with van der Waals surface area (Å²) < 4.78 is 29.9. The second-order valence-corrected chi connectivity index (χ2v) is 8.77. The van der Waals surface area contributed by atoms with E-state index in [9.17, 15) is 13.2 Å². The van der Waals surface area contributed by atoms with E-state index >= 15 is 0 Å². The van der Waals surface area contributed by atoms with Crippen molar-refractivity contribution in [3.05, 3.63) is 42.5 Å². The summed E-state index contributed by atoms with van der Waals surface area (Å²) in [6.45, 7) is 2.18. The van der Waals surface area contributed by atoms with E-state index in [2.05, 4.69) is 10.3 Å². The number of sulfonamides is 1. The minimum atomic E-state index is -3.67. The van der Waals surface area contributed by atoms with Crippen LogP contribution >= 0.6 is 12.4 Å². The van der Waals surface area contributed by atoms with Crippen LogP contribution in [-0.4, -0.2) is 54.4 Å². The first kappa shape index (κ1) is 20.8. The van der Waals surface area contributed by atoms with Crippen molar-refractivity contribution in [2.24, 2.45) is 7.05 Å². The molecule has 0 saturated carbocycles. The Hall–Kier alpha value is -1.94. The quantitative estimate of drug-likeness (QED) is 0.797. The fraction of sp³-hybridized carbons (Fsp3) is 0.444. The molecule has 1 unspecified atom stereocenters. The number of aromatic nitrogens is 2. The fourth-order valence-electron chi connectivity index (χ4n) is 3.75. The van der Waals surface area contributed by atoms with Gasteiger partial charge < -0.3 is 14.8 Å². The van der Waals surface area contributed by atoms with Crippen molar-refractivity contribution in [3.8, 4) is 0 Å². The van der Waals surface area contributed by atoms with Crippen molar-refractivity contribution < 1.29 is 13.2 Å². The number of rotatable bonds is 4. The van der Waals surface area contributed by atoms with Gasteiger partial charge in [0.1, 0.15) is 5.82 Å². The zero-order valence-electron chi connectivity index (χ0n) is 15.6.